The molecule has 4 heteroatoms. The third kappa shape index (κ3) is 3.19. The lowest BCUT2D eigenvalue weighted by Gasteiger charge is -1.96. The number of benzene rings is 2. The van der Waals surface area contributed by atoms with Gasteiger partial charge in [0, 0.05) is 0 Å². The Morgan fingerprint density at radius 2 is 1.57 bits per heavy atom. The van der Waals surface area contributed by atoms with Crippen LogP contribution in [0.5, 0.6) is 0 Å². The van der Waals surface area contributed by atoms with E-state index in [-0.39, 0.29) is 0 Å². The van der Waals surface area contributed by atoms with Crippen LogP contribution in [0.25, 0.3) is 0 Å². The smallest absolute Gasteiger partial charge is 0.222 e. The highest BCUT2D eigenvalue weighted by Crippen LogP contribution is 2.07. The van der Waals surface area contributed by atoms with Crippen molar-refractivity contribution in [3.8, 4) is 0 Å². The molecular formula is C17H17N4+. The lowest BCUT2D eigenvalue weighted by atomic mass is 10.2. The molecule has 104 valence electrons. The fourth-order valence-corrected chi connectivity index (χ4v) is 2.15. The van der Waals surface area contributed by atoms with E-state index in [1.807, 2.05) is 72.5 Å². The van der Waals surface area contributed by atoms with Gasteiger partial charge in [0.2, 0.25) is 0 Å². The van der Waals surface area contributed by atoms with Gasteiger partial charge in [-0.1, -0.05) is 48.5 Å². The van der Waals surface area contributed by atoms with Crippen LogP contribution in [0.15, 0.2) is 78.2 Å². The summed E-state index contributed by atoms with van der Waals surface area (Å²) in [6.07, 6.45) is 4.01. The van der Waals surface area contributed by atoms with Gasteiger partial charge < -0.3 is 0 Å². The molecule has 0 saturated carbocycles. The van der Waals surface area contributed by atoms with Crippen molar-refractivity contribution in [3.63, 3.8) is 0 Å². The number of imidazole rings is 1. The minimum Gasteiger partial charge on any atom is -0.222 e. The molecule has 4 nitrogen and oxygen atoms in total. The Balaban J connectivity index is 2.00. The van der Waals surface area contributed by atoms with Gasteiger partial charge in [-0.25, -0.2) is 9.13 Å². The topological polar surface area (TPSA) is 36.3 Å². The van der Waals surface area contributed by atoms with E-state index in [1.165, 1.54) is 5.56 Å². The minimum atomic E-state index is 0.783. The summed E-state index contributed by atoms with van der Waals surface area (Å²) in [7, 11) is 1.97. The molecule has 0 N–H and O–H groups in total. The van der Waals surface area contributed by atoms with E-state index in [9.17, 15) is 0 Å². The predicted molar refractivity (Wildman–Crippen MR) is 80.9 cm³/mol. The molecule has 3 rings (SSSR count). The molecule has 21 heavy (non-hydrogen) atoms. The van der Waals surface area contributed by atoms with Crippen LogP contribution < -0.4 is 5.62 Å². The van der Waals surface area contributed by atoms with Gasteiger partial charge in [-0.05, 0) is 22.8 Å². The van der Waals surface area contributed by atoms with E-state index in [1.54, 1.807) is 0 Å². The van der Waals surface area contributed by atoms with E-state index >= 15 is 0 Å². The maximum atomic E-state index is 4.38. The number of hydrogen-bond acceptors (Lipinski definition) is 1. The second kappa shape index (κ2) is 6.07. The van der Waals surface area contributed by atoms with Gasteiger partial charge in [-0.2, -0.15) is 0 Å². The van der Waals surface area contributed by atoms with Crippen LogP contribution in [0.2, 0.25) is 0 Å². The van der Waals surface area contributed by atoms with Crippen molar-refractivity contribution in [2.24, 2.45) is 12.2 Å². The molecule has 1 aromatic heterocycles. The molecule has 0 aliphatic rings. The molecule has 0 aliphatic heterocycles. The first kappa shape index (κ1) is 13.2. The monoisotopic (exact) mass is 277 g/mol. The van der Waals surface area contributed by atoms with Gasteiger partial charge in [-0.3, -0.25) is 0 Å². The van der Waals surface area contributed by atoms with Crippen molar-refractivity contribution < 1.29 is 4.79 Å². The van der Waals surface area contributed by atoms with Gasteiger partial charge in [-0.15, -0.1) is 4.79 Å². The zero-order chi connectivity index (χ0) is 14.5. The third-order valence-corrected chi connectivity index (χ3v) is 3.25. The first-order valence-electron chi connectivity index (χ1n) is 6.88. The normalized spacial score (nSPS) is 10.1. The molecule has 3 aromatic rings. The van der Waals surface area contributed by atoms with Crippen LogP contribution in [-0.2, 0) is 13.6 Å². The van der Waals surface area contributed by atoms with Crippen LogP contribution >= 0.6 is 0 Å². The second-order valence-corrected chi connectivity index (χ2v) is 4.86. The Hall–Kier alpha value is -2.84. The fraction of sp³-hybridized carbons (Fsp3) is 0.118. The molecule has 0 radical (unpaired) electrons. The van der Waals surface area contributed by atoms with Crippen molar-refractivity contribution in [1.29, 1.82) is 0 Å². The average Bonchev–Trinajstić information content (AvgIpc) is 2.87. The lowest BCUT2D eigenvalue weighted by Crippen LogP contribution is -2.25. The first-order chi connectivity index (χ1) is 10.3. The van der Waals surface area contributed by atoms with Crippen LogP contribution in [0.4, 0.5) is 5.69 Å². The summed E-state index contributed by atoms with van der Waals surface area (Å²) >= 11 is 0. The standard InChI is InChI=1S/C17H17N4/c1-20-12-13-21(14-15-8-4-2-5-9-15)17(20)19-18-16-10-6-3-7-11-16/h2-13H,14H2,1H3/q+1. The van der Waals surface area contributed by atoms with Gasteiger partial charge in [0.25, 0.3) is 0 Å². The van der Waals surface area contributed by atoms with Gasteiger partial charge in [0.1, 0.15) is 5.69 Å². The number of aromatic nitrogens is 2. The second-order valence-electron chi connectivity index (χ2n) is 4.86. The van der Waals surface area contributed by atoms with E-state index in [2.05, 4.69) is 26.6 Å². The molecule has 0 bridgehead atoms. The maximum absolute atomic E-state index is 4.38. The Labute approximate surface area is 123 Å². The summed E-state index contributed by atoms with van der Waals surface area (Å²) in [5.41, 5.74) is 2.91. The van der Waals surface area contributed by atoms with Crippen molar-refractivity contribution in [3.05, 3.63) is 84.2 Å². The highest BCUT2D eigenvalue weighted by Gasteiger charge is 2.08. The first-order valence-corrected chi connectivity index (χ1v) is 6.88. The summed E-state index contributed by atoms with van der Waals surface area (Å²) in [6, 6.07) is 20.1. The van der Waals surface area contributed by atoms with Crippen LogP contribution in [-0.4, -0.2) is 13.9 Å². The number of nitrogens with zero attached hydrogens (tertiary/aromatic N) is 4. The Morgan fingerprint density at radius 1 is 0.905 bits per heavy atom. The van der Waals surface area contributed by atoms with E-state index in [0.29, 0.717) is 0 Å². The molecule has 0 unspecified atom stereocenters. The quantitative estimate of drug-likeness (QED) is 0.521. The highest BCUT2D eigenvalue weighted by molar-refractivity contribution is 5.33. The van der Waals surface area contributed by atoms with Gasteiger partial charge in [0.05, 0.1) is 26.0 Å². The summed E-state index contributed by atoms with van der Waals surface area (Å²) in [5, 5.41) is 4.30. The average molecular weight is 277 g/mol. The summed E-state index contributed by atoms with van der Waals surface area (Å²) in [4.78, 5) is 4.38. The van der Waals surface area contributed by atoms with Crippen molar-refractivity contribution in [2.45, 2.75) is 6.54 Å². The highest BCUT2D eigenvalue weighted by atomic mass is 15.2. The molecule has 0 spiro atoms. The molecule has 0 atom stereocenters. The van der Waals surface area contributed by atoms with Crippen LogP contribution in [0.1, 0.15) is 5.56 Å². The maximum Gasteiger partial charge on any atom is 0.478 e. The SMILES string of the molecule is Cn1ccn(Cc2ccccc2)c1=[N+]=Nc1ccccc1. The van der Waals surface area contributed by atoms with Crippen molar-refractivity contribution >= 4 is 5.69 Å². The Bertz CT molecular complexity index is 807. The zero-order valence-corrected chi connectivity index (χ0v) is 11.9. The summed E-state index contributed by atoms with van der Waals surface area (Å²) in [6.45, 7) is 0.783. The van der Waals surface area contributed by atoms with Crippen molar-refractivity contribution in [2.75, 3.05) is 0 Å². The lowest BCUT2D eigenvalue weighted by molar-refractivity contribution is -0.152. The fourth-order valence-electron chi connectivity index (χ4n) is 2.15. The number of hydrogen-bond donors (Lipinski definition) is 0. The van der Waals surface area contributed by atoms with E-state index in [4.69, 9.17) is 0 Å². The van der Waals surface area contributed by atoms with Crippen LogP contribution in [0.3, 0.4) is 0 Å². The predicted octanol–water partition coefficient (Wildman–Crippen LogP) is 2.77. The molecule has 2 aromatic carbocycles. The molecular weight excluding hydrogens is 260 g/mol. The van der Waals surface area contributed by atoms with E-state index in [0.717, 1.165) is 17.9 Å². The molecule has 0 saturated heterocycles. The van der Waals surface area contributed by atoms with Crippen LogP contribution in [0, 0.1) is 0 Å². The van der Waals surface area contributed by atoms with Gasteiger partial charge in [0.15, 0.2) is 0 Å². The molecule has 0 aliphatic carbocycles. The number of rotatable bonds is 3. The summed E-state index contributed by atoms with van der Waals surface area (Å²) < 4.78 is 4.05. The minimum absolute atomic E-state index is 0.783. The van der Waals surface area contributed by atoms with Crippen molar-refractivity contribution in [1.82, 2.24) is 9.13 Å². The Morgan fingerprint density at radius 3 is 2.29 bits per heavy atom. The molecule has 0 fully saturated rings. The largest absolute Gasteiger partial charge is 0.478 e. The third-order valence-electron chi connectivity index (χ3n) is 3.25. The van der Waals surface area contributed by atoms with E-state index < -0.39 is 0 Å². The number of aryl methyl sites for hydroxylation is 1. The van der Waals surface area contributed by atoms with Gasteiger partial charge >= 0.3 is 5.62 Å². The molecule has 1 heterocycles. The zero-order valence-electron chi connectivity index (χ0n) is 11.9. The summed E-state index contributed by atoms with van der Waals surface area (Å²) in [5.74, 6) is 0. The molecule has 0 amide bonds. The Kier molecular flexibility index (Phi) is 3.81.